The molecule has 1 heterocycles. The highest BCUT2D eigenvalue weighted by atomic mass is 31.0. The predicted octanol–water partition coefficient (Wildman–Crippen LogP) is 2.10. The average Bonchev–Trinajstić information content (AvgIpc) is 2.48. The Labute approximate surface area is 83.3 Å². The van der Waals surface area contributed by atoms with Crippen molar-refractivity contribution in [2.24, 2.45) is 11.8 Å². The summed E-state index contributed by atoms with van der Waals surface area (Å²) >= 11 is 0. The molecule has 1 saturated carbocycles. The lowest BCUT2D eigenvalue weighted by Crippen LogP contribution is -2.23. The molecule has 0 N–H and O–H groups in total. The summed E-state index contributed by atoms with van der Waals surface area (Å²) in [5.41, 5.74) is 0. The molecule has 3 unspecified atom stereocenters. The monoisotopic (exact) mass is 201 g/mol. The predicted molar refractivity (Wildman–Crippen MR) is 58.5 cm³/mol. The molecule has 1 saturated heterocycles. The summed E-state index contributed by atoms with van der Waals surface area (Å²) in [5, 5.41) is 0. The second-order valence-electron chi connectivity index (χ2n) is 3.76. The van der Waals surface area contributed by atoms with Gasteiger partial charge in [-0.1, -0.05) is 23.2 Å². The first-order valence-corrected chi connectivity index (χ1v) is 5.78. The van der Waals surface area contributed by atoms with Gasteiger partial charge in [0.25, 0.3) is 0 Å². The summed E-state index contributed by atoms with van der Waals surface area (Å²) in [4.78, 5) is 11.1. The first-order chi connectivity index (χ1) is 6.25. The second kappa shape index (κ2) is 5.07. The molecular formula is C10H20NOP. The van der Waals surface area contributed by atoms with Crippen LogP contribution in [0.3, 0.4) is 0 Å². The number of rotatable bonds is 0. The van der Waals surface area contributed by atoms with Gasteiger partial charge in [0.2, 0.25) is 0 Å². The van der Waals surface area contributed by atoms with Crippen LogP contribution in [0.15, 0.2) is 0 Å². The molecule has 0 radical (unpaired) electrons. The lowest BCUT2D eigenvalue weighted by Gasteiger charge is -2.22. The van der Waals surface area contributed by atoms with Crippen molar-refractivity contribution in [1.82, 2.24) is 4.67 Å². The highest BCUT2D eigenvalue weighted by Crippen LogP contribution is 2.35. The lowest BCUT2D eigenvalue weighted by molar-refractivity contribution is -0.122. The number of hydrogen-bond donors (Lipinski definition) is 0. The van der Waals surface area contributed by atoms with Crippen LogP contribution < -0.4 is 0 Å². The minimum Gasteiger partial charge on any atom is -0.300 e. The second-order valence-corrected chi connectivity index (χ2v) is 4.49. The van der Waals surface area contributed by atoms with E-state index >= 15 is 0 Å². The van der Waals surface area contributed by atoms with Crippen LogP contribution in [0.1, 0.15) is 33.1 Å². The quantitative estimate of drug-likeness (QED) is 0.559. The Balaban J connectivity index is 0.000000396. The largest absolute Gasteiger partial charge is 0.300 e. The Morgan fingerprint density at radius 2 is 1.92 bits per heavy atom. The molecule has 0 aromatic rings. The number of ketones is 1. The summed E-state index contributed by atoms with van der Waals surface area (Å²) in [7, 11) is 2.74. The first kappa shape index (κ1) is 11.1. The van der Waals surface area contributed by atoms with E-state index < -0.39 is 0 Å². The molecule has 2 nitrogen and oxygen atoms in total. The van der Waals surface area contributed by atoms with Crippen molar-refractivity contribution in [2.45, 2.75) is 33.1 Å². The zero-order valence-electron chi connectivity index (χ0n) is 8.62. The molecule has 3 atom stereocenters. The van der Waals surface area contributed by atoms with Gasteiger partial charge in [-0.2, -0.15) is 0 Å². The van der Waals surface area contributed by atoms with E-state index in [9.17, 15) is 4.79 Å². The maximum Gasteiger partial charge on any atom is 0.133 e. The number of Topliss-reactive ketones (excluding diaryl/α,β-unsaturated/α-hetero) is 1. The highest BCUT2D eigenvalue weighted by molar-refractivity contribution is 7.13. The number of carbonyl (C=O) groups is 1. The van der Waals surface area contributed by atoms with Crippen LogP contribution in [0.4, 0.5) is 0 Å². The fourth-order valence-corrected chi connectivity index (χ4v) is 2.82. The molecule has 0 aromatic heterocycles. The van der Waals surface area contributed by atoms with E-state index in [4.69, 9.17) is 0 Å². The molecule has 1 aliphatic heterocycles. The maximum atomic E-state index is 11.1. The van der Waals surface area contributed by atoms with E-state index in [0.717, 1.165) is 31.7 Å². The van der Waals surface area contributed by atoms with E-state index in [1.807, 2.05) is 13.8 Å². The van der Waals surface area contributed by atoms with Crippen molar-refractivity contribution in [2.75, 3.05) is 13.1 Å². The van der Waals surface area contributed by atoms with Crippen LogP contribution in [0.5, 0.6) is 0 Å². The summed E-state index contributed by atoms with van der Waals surface area (Å²) in [6.07, 6.45) is 2.81. The van der Waals surface area contributed by atoms with Crippen LogP contribution in [0, 0.1) is 11.8 Å². The average molecular weight is 201 g/mol. The van der Waals surface area contributed by atoms with E-state index in [-0.39, 0.29) is 0 Å². The van der Waals surface area contributed by atoms with Crippen molar-refractivity contribution in [3.05, 3.63) is 0 Å². The Bertz CT molecular complexity index is 184. The molecule has 76 valence electrons. The molecule has 2 fully saturated rings. The summed E-state index contributed by atoms with van der Waals surface area (Å²) < 4.78 is 2.27. The molecule has 1 aliphatic carbocycles. The first-order valence-electron chi connectivity index (χ1n) is 5.27. The zero-order chi connectivity index (χ0) is 9.84. The van der Waals surface area contributed by atoms with Crippen molar-refractivity contribution < 1.29 is 4.79 Å². The van der Waals surface area contributed by atoms with Crippen molar-refractivity contribution in [3.63, 3.8) is 0 Å². The van der Waals surface area contributed by atoms with Crippen LogP contribution >= 0.6 is 9.39 Å². The van der Waals surface area contributed by atoms with Gasteiger partial charge in [-0.05, 0) is 18.3 Å². The van der Waals surface area contributed by atoms with Crippen molar-refractivity contribution >= 4 is 15.2 Å². The van der Waals surface area contributed by atoms with Gasteiger partial charge in [-0.15, -0.1) is 0 Å². The molecule has 2 rings (SSSR count). The van der Waals surface area contributed by atoms with E-state index in [1.165, 1.54) is 6.54 Å². The van der Waals surface area contributed by atoms with Gasteiger partial charge in [0, 0.05) is 25.9 Å². The maximum absolute atomic E-state index is 11.1. The third-order valence-corrected chi connectivity index (χ3v) is 3.31. The van der Waals surface area contributed by atoms with Gasteiger partial charge < -0.3 is 0 Å². The number of fused-ring (bicyclic) bond motifs is 1. The molecule has 0 spiro atoms. The molecule has 2 aliphatic rings. The molecule has 3 heteroatoms. The molecule has 0 amide bonds. The standard InChI is InChI=1S/C8H14NOP.C2H6/c10-8-2-1-6-4-9(11)5-7(6)3-8;1-2/h6-7H,1-5,11H2;1-2H3. The number of nitrogens with zero attached hydrogens (tertiary/aromatic N) is 1. The summed E-state index contributed by atoms with van der Waals surface area (Å²) in [6, 6.07) is 0. The molecule has 0 aromatic carbocycles. The Kier molecular flexibility index (Phi) is 4.34. The van der Waals surface area contributed by atoms with E-state index in [1.54, 1.807) is 0 Å². The fraction of sp³-hybridized carbons (Fsp3) is 0.900. The van der Waals surface area contributed by atoms with Crippen molar-refractivity contribution in [3.8, 4) is 0 Å². The minimum absolute atomic E-state index is 0.478. The Morgan fingerprint density at radius 3 is 2.62 bits per heavy atom. The zero-order valence-corrected chi connectivity index (χ0v) is 9.78. The Morgan fingerprint density at radius 1 is 1.31 bits per heavy atom. The highest BCUT2D eigenvalue weighted by Gasteiger charge is 2.35. The van der Waals surface area contributed by atoms with Gasteiger partial charge in [0.15, 0.2) is 0 Å². The molecular weight excluding hydrogens is 181 g/mol. The van der Waals surface area contributed by atoms with Gasteiger partial charge in [0.1, 0.15) is 5.78 Å². The molecule has 0 bridgehead atoms. The minimum atomic E-state index is 0.478. The van der Waals surface area contributed by atoms with Crippen molar-refractivity contribution in [1.29, 1.82) is 0 Å². The third kappa shape index (κ3) is 2.75. The summed E-state index contributed by atoms with van der Waals surface area (Å²) in [6.45, 7) is 6.30. The van der Waals surface area contributed by atoms with Crippen LogP contribution in [-0.2, 0) is 4.79 Å². The topological polar surface area (TPSA) is 20.3 Å². The van der Waals surface area contributed by atoms with E-state index in [0.29, 0.717) is 11.7 Å². The van der Waals surface area contributed by atoms with Gasteiger partial charge in [-0.3, -0.25) is 9.46 Å². The van der Waals surface area contributed by atoms with E-state index in [2.05, 4.69) is 14.1 Å². The van der Waals surface area contributed by atoms with Crippen LogP contribution in [0.2, 0.25) is 0 Å². The lowest BCUT2D eigenvalue weighted by atomic mass is 9.81. The van der Waals surface area contributed by atoms with Gasteiger partial charge in [-0.25, -0.2) is 0 Å². The SMILES string of the molecule is CC.O=C1CCC2CN(P)CC2C1. The summed E-state index contributed by atoms with van der Waals surface area (Å²) in [5.74, 6) is 1.96. The van der Waals surface area contributed by atoms with Crippen LogP contribution in [-0.4, -0.2) is 23.5 Å². The normalized spacial score (nSPS) is 33.6. The number of hydrogen-bond acceptors (Lipinski definition) is 2. The number of carbonyl (C=O) groups excluding carboxylic acids is 1. The fourth-order valence-electron chi connectivity index (χ4n) is 2.27. The smallest absolute Gasteiger partial charge is 0.133 e. The Hall–Kier alpha value is 0.0600. The van der Waals surface area contributed by atoms with Gasteiger partial charge >= 0.3 is 0 Å². The molecule has 13 heavy (non-hydrogen) atoms. The third-order valence-electron chi connectivity index (χ3n) is 2.89. The van der Waals surface area contributed by atoms with Gasteiger partial charge in [0.05, 0.1) is 0 Å². The van der Waals surface area contributed by atoms with Crippen LogP contribution in [0.25, 0.3) is 0 Å².